The lowest BCUT2D eigenvalue weighted by molar-refractivity contribution is 0.0241. The normalized spacial score (nSPS) is 25.8. The maximum absolute atomic E-state index is 12.3. The molecular weight excluding hydrogens is 246 g/mol. The average Bonchev–Trinajstić information content (AvgIpc) is 2.39. The van der Waals surface area contributed by atoms with Crippen LogP contribution in [0.25, 0.3) is 0 Å². The first-order valence-corrected chi connectivity index (χ1v) is 6.50. The first kappa shape index (κ1) is 12.0. The van der Waals surface area contributed by atoms with Gasteiger partial charge >= 0.3 is 0 Å². The Morgan fingerprint density at radius 3 is 2.56 bits per heavy atom. The van der Waals surface area contributed by atoms with Crippen LogP contribution in [0.5, 0.6) is 0 Å². The van der Waals surface area contributed by atoms with E-state index in [-0.39, 0.29) is 5.54 Å². The summed E-state index contributed by atoms with van der Waals surface area (Å²) in [6.45, 7) is 5.73. The Bertz CT molecular complexity index is 456. The summed E-state index contributed by atoms with van der Waals surface area (Å²) in [6, 6.07) is 5.21. The fourth-order valence-corrected chi connectivity index (χ4v) is 3.82. The topological polar surface area (TPSA) is 40.5 Å². The van der Waals surface area contributed by atoms with Crippen molar-refractivity contribution in [1.82, 2.24) is 4.31 Å². The van der Waals surface area contributed by atoms with Crippen molar-refractivity contribution in [2.75, 3.05) is 0 Å². The van der Waals surface area contributed by atoms with Crippen LogP contribution in [0.2, 0.25) is 5.02 Å². The highest BCUT2D eigenvalue weighted by molar-refractivity contribution is 7.83. The molecular formula is C11H14ClNO2S. The van der Waals surface area contributed by atoms with E-state index in [9.17, 15) is 9.32 Å². The molecule has 88 valence electrons. The monoisotopic (exact) mass is 259 g/mol. The van der Waals surface area contributed by atoms with Crippen molar-refractivity contribution in [3.05, 3.63) is 28.8 Å². The van der Waals surface area contributed by atoms with Crippen molar-refractivity contribution in [2.24, 2.45) is 0 Å². The van der Waals surface area contributed by atoms with Crippen LogP contribution >= 0.6 is 11.6 Å². The second-order valence-corrected chi connectivity index (χ2v) is 6.48. The van der Waals surface area contributed by atoms with E-state index in [1.165, 1.54) is 0 Å². The third-order valence-electron chi connectivity index (χ3n) is 2.51. The second kappa shape index (κ2) is 3.81. The molecule has 3 nitrogen and oxygen atoms in total. The van der Waals surface area contributed by atoms with Crippen molar-refractivity contribution >= 4 is 22.6 Å². The summed E-state index contributed by atoms with van der Waals surface area (Å²) in [6.07, 6.45) is -0.852. The van der Waals surface area contributed by atoms with Gasteiger partial charge in [0.05, 0.1) is 9.92 Å². The Morgan fingerprint density at radius 1 is 1.44 bits per heavy atom. The number of nitrogens with zero attached hydrogens (tertiary/aromatic N) is 1. The van der Waals surface area contributed by atoms with Crippen LogP contribution in [-0.2, 0) is 11.0 Å². The molecule has 0 aromatic heterocycles. The minimum Gasteiger partial charge on any atom is -0.373 e. The van der Waals surface area contributed by atoms with Crippen LogP contribution in [0.15, 0.2) is 23.1 Å². The third-order valence-corrected chi connectivity index (χ3v) is 4.85. The fourth-order valence-electron chi connectivity index (χ4n) is 1.84. The highest BCUT2D eigenvalue weighted by Crippen LogP contribution is 2.42. The summed E-state index contributed by atoms with van der Waals surface area (Å²) in [7, 11) is -1.40. The van der Waals surface area contributed by atoms with Gasteiger partial charge < -0.3 is 5.11 Å². The number of rotatable bonds is 0. The molecule has 0 bridgehead atoms. The first-order valence-electron chi connectivity index (χ1n) is 5.02. The molecule has 0 amide bonds. The Hall–Kier alpha value is -0.420. The second-order valence-electron chi connectivity index (χ2n) is 4.78. The van der Waals surface area contributed by atoms with E-state index < -0.39 is 17.2 Å². The predicted molar refractivity (Wildman–Crippen MR) is 64.4 cm³/mol. The number of aliphatic hydroxyl groups is 1. The summed E-state index contributed by atoms with van der Waals surface area (Å²) in [4.78, 5) is 0.534. The summed E-state index contributed by atoms with van der Waals surface area (Å²) in [5.74, 6) is 0. The Labute approximate surface area is 103 Å². The molecule has 1 aromatic carbocycles. The Balaban J connectivity index is 2.57. The molecule has 1 aliphatic rings. The third kappa shape index (κ3) is 1.70. The average molecular weight is 260 g/mol. The molecule has 1 heterocycles. The largest absolute Gasteiger partial charge is 0.373 e. The van der Waals surface area contributed by atoms with Gasteiger partial charge in [0.25, 0.3) is 0 Å². The van der Waals surface area contributed by atoms with E-state index in [0.29, 0.717) is 15.5 Å². The van der Waals surface area contributed by atoms with Crippen molar-refractivity contribution in [2.45, 2.75) is 37.4 Å². The molecule has 1 aromatic rings. The molecule has 2 rings (SSSR count). The molecule has 5 heteroatoms. The lowest BCUT2D eigenvalue weighted by Crippen LogP contribution is -2.41. The van der Waals surface area contributed by atoms with Crippen molar-refractivity contribution in [3.63, 3.8) is 0 Å². The molecule has 0 unspecified atom stereocenters. The molecule has 1 aliphatic heterocycles. The number of aliphatic hydroxyl groups excluding tert-OH is 1. The van der Waals surface area contributed by atoms with Crippen LogP contribution in [0.4, 0.5) is 0 Å². The molecule has 1 N–H and O–H groups in total. The van der Waals surface area contributed by atoms with Crippen LogP contribution in [0.1, 0.15) is 32.6 Å². The van der Waals surface area contributed by atoms with E-state index in [4.69, 9.17) is 11.6 Å². The quantitative estimate of drug-likeness (QED) is 0.778. The van der Waals surface area contributed by atoms with Crippen LogP contribution < -0.4 is 0 Å². The number of fused-ring (bicyclic) bond motifs is 1. The maximum Gasteiger partial charge on any atom is 0.146 e. The Kier molecular flexibility index (Phi) is 2.87. The number of hydrogen-bond acceptors (Lipinski definition) is 2. The van der Waals surface area contributed by atoms with E-state index in [2.05, 4.69) is 0 Å². The van der Waals surface area contributed by atoms with Gasteiger partial charge in [-0.05, 0) is 26.8 Å². The van der Waals surface area contributed by atoms with Gasteiger partial charge in [-0.25, -0.2) is 4.21 Å². The molecule has 0 fully saturated rings. The summed E-state index contributed by atoms with van der Waals surface area (Å²) >= 11 is 6.01. The number of halogens is 1. The van der Waals surface area contributed by atoms with Crippen LogP contribution in [-0.4, -0.2) is 19.2 Å². The molecule has 2 atom stereocenters. The minimum absolute atomic E-state index is 0.382. The van der Waals surface area contributed by atoms with Crippen LogP contribution in [0.3, 0.4) is 0 Å². The highest BCUT2D eigenvalue weighted by Gasteiger charge is 2.42. The molecule has 0 radical (unpaired) electrons. The zero-order chi connectivity index (χ0) is 12.1. The van der Waals surface area contributed by atoms with Gasteiger partial charge in [0, 0.05) is 11.1 Å². The number of benzene rings is 1. The molecule has 16 heavy (non-hydrogen) atoms. The van der Waals surface area contributed by atoms with Crippen molar-refractivity contribution in [3.8, 4) is 0 Å². The Morgan fingerprint density at radius 2 is 2.06 bits per heavy atom. The zero-order valence-corrected chi connectivity index (χ0v) is 11.0. The van der Waals surface area contributed by atoms with Gasteiger partial charge in [0.2, 0.25) is 0 Å². The van der Waals surface area contributed by atoms with E-state index in [1.54, 1.807) is 22.5 Å². The van der Waals surface area contributed by atoms with Crippen LogP contribution in [0, 0.1) is 0 Å². The van der Waals surface area contributed by atoms with Gasteiger partial charge in [-0.2, -0.15) is 4.31 Å². The summed E-state index contributed by atoms with van der Waals surface area (Å²) in [5, 5.41) is 10.6. The van der Waals surface area contributed by atoms with E-state index in [0.717, 1.165) is 0 Å². The fraction of sp³-hybridized carbons (Fsp3) is 0.455. The minimum atomic E-state index is -1.40. The van der Waals surface area contributed by atoms with Gasteiger partial charge in [-0.3, -0.25) is 0 Å². The summed E-state index contributed by atoms with van der Waals surface area (Å²) in [5.41, 5.74) is 0.257. The van der Waals surface area contributed by atoms with Gasteiger partial charge in [-0.1, -0.05) is 23.7 Å². The lowest BCUT2D eigenvalue weighted by atomic mass is 10.1. The van der Waals surface area contributed by atoms with E-state index in [1.807, 2.05) is 20.8 Å². The SMILES string of the molecule is CC(C)(C)N1[C@@H](O)c2cccc(Cl)c2[S@@]1=O. The lowest BCUT2D eigenvalue weighted by Gasteiger charge is -2.32. The zero-order valence-electron chi connectivity index (χ0n) is 9.40. The maximum atomic E-state index is 12.3. The molecule has 0 saturated heterocycles. The van der Waals surface area contributed by atoms with Gasteiger partial charge in [0.1, 0.15) is 17.2 Å². The van der Waals surface area contributed by atoms with Crippen molar-refractivity contribution in [1.29, 1.82) is 0 Å². The van der Waals surface area contributed by atoms with Crippen molar-refractivity contribution < 1.29 is 9.32 Å². The molecule has 0 aliphatic carbocycles. The van der Waals surface area contributed by atoms with E-state index >= 15 is 0 Å². The molecule has 0 saturated carbocycles. The van der Waals surface area contributed by atoms with Gasteiger partial charge in [0.15, 0.2) is 0 Å². The molecule has 0 spiro atoms. The highest BCUT2D eigenvalue weighted by atomic mass is 35.5. The first-order chi connectivity index (χ1) is 7.34. The standard InChI is InChI=1S/C11H14ClNO2S/c1-11(2,3)13-10(14)7-5-4-6-8(12)9(7)16(13)15/h4-6,10,14H,1-3H3/t10-,16-/m0/s1. The predicted octanol–water partition coefficient (Wildman–Crippen LogP) is 2.47. The van der Waals surface area contributed by atoms with Gasteiger partial charge in [-0.15, -0.1) is 0 Å². The summed E-state index contributed by atoms with van der Waals surface area (Å²) < 4.78 is 13.8. The smallest absolute Gasteiger partial charge is 0.146 e. The number of hydrogen-bond donors (Lipinski definition) is 1.